The SMILES string of the molecule is c1ccc(-c2ccc(N(c3ccc4c(c3)sc3ccccc34)c3ccc4oc5ccccc5c4c3-c3ccc4c(ccc5ccccc54)c3)cc2)cc1. The molecular formula is C50H31NOS. The van der Waals surface area contributed by atoms with Gasteiger partial charge in [-0.25, -0.2) is 0 Å². The molecule has 0 radical (unpaired) electrons. The zero-order valence-corrected chi connectivity index (χ0v) is 29.5. The number of fused-ring (bicyclic) bond motifs is 9. The lowest BCUT2D eigenvalue weighted by Crippen LogP contribution is -2.11. The molecule has 0 atom stereocenters. The van der Waals surface area contributed by atoms with Crippen LogP contribution in [0.4, 0.5) is 17.1 Å². The van der Waals surface area contributed by atoms with Crippen LogP contribution >= 0.6 is 11.3 Å². The van der Waals surface area contributed by atoms with Gasteiger partial charge in [0, 0.05) is 47.9 Å². The summed E-state index contributed by atoms with van der Waals surface area (Å²) >= 11 is 1.85. The molecule has 0 aliphatic carbocycles. The van der Waals surface area contributed by atoms with Crippen molar-refractivity contribution in [1.82, 2.24) is 0 Å². The monoisotopic (exact) mass is 693 g/mol. The number of hydrogen-bond acceptors (Lipinski definition) is 3. The number of hydrogen-bond donors (Lipinski definition) is 0. The molecular weight excluding hydrogens is 663 g/mol. The Morgan fingerprint density at radius 2 is 1.02 bits per heavy atom. The summed E-state index contributed by atoms with van der Waals surface area (Å²) in [4.78, 5) is 2.43. The summed E-state index contributed by atoms with van der Waals surface area (Å²) < 4.78 is 9.11. The molecule has 2 nitrogen and oxygen atoms in total. The van der Waals surface area contributed by atoms with E-state index in [1.807, 2.05) is 17.4 Å². The first-order valence-electron chi connectivity index (χ1n) is 18.0. The highest BCUT2D eigenvalue weighted by Crippen LogP contribution is 2.49. The third-order valence-corrected chi connectivity index (χ3v) is 11.8. The summed E-state index contributed by atoms with van der Waals surface area (Å²) in [6, 6.07) is 68.1. The van der Waals surface area contributed by atoms with Crippen molar-refractivity contribution in [3.8, 4) is 22.3 Å². The third kappa shape index (κ3) is 4.86. The van der Waals surface area contributed by atoms with Gasteiger partial charge in [-0.15, -0.1) is 11.3 Å². The van der Waals surface area contributed by atoms with Crippen molar-refractivity contribution in [3.05, 3.63) is 188 Å². The summed E-state index contributed by atoms with van der Waals surface area (Å²) in [5, 5.41) is 9.78. The molecule has 0 unspecified atom stereocenters. The van der Waals surface area contributed by atoms with Crippen LogP contribution in [0.2, 0.25) is 0 Å². The lowest BCUT2D eigenvalue weighted by molar-refractivity contribution is 0.669. The van der Waals surface area contributed by atoms with E-state index in [1.54, 1.807) is 0 Å². The Bertz CT molecular complexity index is 3170. The summed E-state index contributed by atoms with van der Waals surface area (Å²) in [6.07, 6.45) is 0. The quantitative estimate of drug-likeness (QED) is 0.167. The molecule has 11 rings (SSSR count). The zero-order chi connectivity index (χ0) is 34.9. The van der Waals surface area contributed by atoms with Crippen LogP contribution in [0.25, 0.3) is 85.9 Å². The van der Waals surface area contributed by atoms with E-state index in [9.17, 15) is 0 Å². The smallest absolute Gasteiger partial charge is 0.136 e. The standard InChI is InChI=1S/C50H31NOS/c1-2-10-32(11-3-1)33-20-23-37(24-21-33)51(38-25-27-42-41-14-7-9-17-47(41)53-48(42)31-38)44-28-29-46-50(43-15-6-8-16-45(43)52-46)49(44)36-22-26-40-35(30-36)19-18-34-12-4-5-13-39(34)40/h1-31H. The maximum atomic E-state index is 6.55. The van der Waals surface area contributed by atoms with Crippen molar-refractivity contribution in [2.45, 2.75) is 0 Å². The number of thiophene rings is 1. The van der Waals surface area contributed by atoms with Crippen molar-refractivity contribution in [2.24, 2.45) is 0 Å². The number of para-hydroxylation sites is 1. The van der Waals surface area contributed by atoms with Crippen molar-refractivity contribution in [2.75, 3.05) is 4.90 Å². The van der Waals surface area contributed by atoms with E-state index in [0.29, 0.717) is 0 Å². The Kier molecular flexibility index (Phi) is 6.76. The molecule has 0 spiro atoms. The van der Waals surface area contributed by atoms with E-state index in [-0.39, 0.29) is 0 Å². The molecule has 3 heteroatoms. The van der Waals surface area contributed by atoms with Crippen LogP contribution in [0.3, 0.4) is 0 Å². The van der Waals surface area contributed by atoms with Gasteiger partial charge in [0.2, 0.25) is 0 Å². The van der Waals surface area contributed by atoms with E-state index in [0.717, 1.165) is 50.1 Å². The van der Waals surface area contributed by atoms with E-state index < -0.39 is 0 Å². The van der Waals surface area contributed by atoms with Crippen molar-refractivity contribution in [3.63, 3.8) is 0 Å². The zero-order valence-electron chi connectivity index (χ0n) is 28.7. The molecule has 0 N–H and O–H groups in total. The Morgan fingerprint density at radius 1 is 0.377 bits per heavy atom. The molecule has 0 aliphatic rings. The van der Waals surface area contributed by atoms with Gasteiger partial charge in [0.25, 0.3) is 0 Å². The van der Waals surface area contributed by atoms with Gasteiger partial charge in [-0.2, -0.15) is 0 Å². The molecule has 11 aromatic rings. The minimum Gasteiger partial charge on any atom is -0.456 e. The van der Waals surface area contributed by atoms with Crippen LogP contribution in [-0.2, 0) is 0 Å². The van der Waals surface area contributed by atoms with Gasteiger partial charge in [0.15, 0.2) is 0 Å². The predicted molar refractivity (Wildman–Crippen MR) is 227 cm³/mol. The maximum absolute atomic E-state index is 6.55. The van der Waals surface area contributed by atoms with Crippen molar-refractivity contribution >= 4 is 92.1 Å². The molecule has 53 heavy (non-hydrogen) atoms. The van der Waals surface area contributed by atoms with E-state index in [1.165, 1.54) is 52.8 Å². The maximum Gasteiger partial charge on any atom is 0.136 e. The van der Waals surface area contributed by atoms with Crippen LogP contribution in [-0.4, -0.2) is 0 Å². The highest BCUT2D eigenvalue weighted by atomic mass is 32.1. The summed E-state index contributed by atoms with van der Waals surface area (Å²) in [7, 11) is 0. The van der Waals surface area contributed by atoms with Gasteiger partial charge in [-0.3, -0.25) is 0 Å². The molecule has 0 saturated heterocycles. The van der Waals surface area contributed by atoms with Gasteiger partial charge < -0.3 is 9.32 Å². The predicted octanol–water partition coefficient (Wildman–Crippen LogP) is 15.1. The number of rotatable bonds is 5. The van der Waals surface area contributed by atoms with Gasteiger partial charge in [0.1, 0.15) is 11.2 Å². The lowest BCUT2D eigenvalue weighted by atomic mass is 9.93. The average molecular weight is 694 g/mol. The summed E-state index contributed by atoms with van der Waals surface area (Å²) in [5.41, 5.74) is 9.74. The fraction of sp³-hybridized carbons (Fsp3) is 0. The number of anilines is 3. The number of nitrogens with zero attached hydrogens (tertiary/aromatic N) is 1. The van der Waals surface area contributed by atoms with Gasteiger partial charge in [-0.1, -0.05) is 133 Å². The van der Waals surface area contributed by atoms with E-state index in [2.05, 4.69) is 187 Å². The van der Waals surface area contributed by atoms with Crippen molar-refractivity contribution in [1.29, 1.82) is 0 Å². The highest BCUT2D eigenvalue weighted by Gasteiger charge is 2.23. The Labute approximate surface area is 310 Å². The minimum atomic E-state index is 0.878. The first kappa shape index (κ1) is 30.0. The first-order valence-corrected chi connectivity index (χ1v) is 18.8. The topological polar surface area (TPSA) is 16.4 Å². The first-order chi connectivity index (χ1) is 26.3. The molecule has 2 aromatic heterocycles. The third-order valence-electron chi connectivity index (χ3n) is 10.6. The minimum absolute atomic E-state index is 0.878. The summed E-state index contributed by atoms with van der Waals surface area (Å²) in [6.45, 7) is 0. The van der Waals surface area contributed by atoms with Gasteiger partial charge in [-0.05, 0) is 92.8 Å². The molecule has 0 amide bonds. The van der Waals surface area contributed by atoms with Crippen LogP contribution in [0.5, 0.6) is 0 Å². The molecule has 2 heterocycles. The Morgan fingerprint density at radius 3 is 1.91 bits per heavy atom. The van der Waals surface area contributed by atoms with Gasteiger partial charge in [0.05, 0.1) is 5.69 Å². The van der Waals surface area contributed by atoms with Crippen LogP contribution < -0.4 is 4.90 Å². The highest BCUT2D eigenvalue weighted by molar-refractivity contribution is 7.25. The largest absolute Gasteiger partial charge is 0.456 e. The summed E-state index contributed by atoms with van der Waals surface area (Å²) in [5.74, 6) is 0. The fourth-order valence-corrected chi connectivity index (χ4v) is 9.31. The molecule has 0 aliphatic heterocycles. The van der Waals surface area contributed by atoms with Crippen molar-refractivity contribution < 1.29 is 4.42 Å². The molecule has 248 valence electrons. The number of furan rings is 1. The Hall–Kier alpha value is -6.68. The molecule has 9 aromatic carbocycles. The lowest BCUT2D eigenvalue weighted by Gasteiger charge is -2.28. The van der Waals surface area contributed by atoms with E-state index in [4.69, 9.17) is 4.42 Å². The molecule has 0 saturated carbocycles. The second-order valence-corrected chi connectivity index (χ2v) is 14.8. The fourth-order valence-electron chi connectivity index (χ4n) is 8.17. The van der Waals surface area contributed by atoms with Crippen LogP contribution in [0.1, 0.15) is 0 Å². The second kappa shape index (κ2) is 11.9. The number of benzene rings is 9. The van der Waals surface area contributed by atoms with Crippen LogP contribution in [0.15, 0.2) is 192 Å². The normalized spacial score (nSPS) is 11.8. The molecule has 0 fully saturated rings. The van der Waals surface area contributed by atoms with Gasteiger partial charge >= 0.3 is 0 Å². The second-order valence-electron chi connectivity index (χ2n) is 13.7. The average Bonchev–Trinajstić information content (AvgIpc) is 3.79. The molecule has 0 bridgehead atoms. The van der Waals surface area contributed by atoms with E-state index >= 15 is 0 Å². The Balaban J connectivity index is 1.20. The van der Waals surface area contributed by atoms with Crippen LogP contribution in [0, 0.1) is 0 Å².